The van der Waals surface area contributed by atoms with Crippen molar-refractivity contribution < 1.29 is 4.79 Å². The summed E-state index contributed by atoms with van der Waals surface area (Å²) in [5, 5.41) is 3.08. The first-order chi connectivity index (χ1) is 8.58. The first-order valence-corrected chi connectivity index (χ1v) is 7.83. The highest BCUT2D eigenvalue weighted by atomic mass is 79.9. The third kappa shape index (κ3) is 4.71. The number of nitrogens with one attached hydrogen (secondary N) is 1. The Hall–Kier alpha value is -0.390. The molecule has 0 saturated carbocycles. The van der Waals surface area contributed by atoms with Crippen LogP contribution in [-0.2, 0) is 11.2 Å². The molecule has 0 aliphatic heterocycles. The monoisotopic (exact) mass is 332 g/mol. The Balaban J connectivity index is 2.44. The van der Waals surface area contributed by atoms with E-state index in [-0.39, 0.29) is 11.8 Å². The summed E-state index contributed by atoms with van der Waals surface area (Å²) in [6.07, 6.45) is 1.81. The summed E-state index contributed by atoms with van der Waals surface area (Å²) in [6.45, 7) is 3.60. The second-order valence-corrected chi connectivity index (χ2v) is 6.93. The molecule has 1 aromatic rings. The number of carbonyl (C=O) groups is 1. The van der Waals surface area contributed by atoms with E-state index >= 15 is 0 Å². The van der Waals surface area contributed by atoms with Gasteiger partial charge in [-0.1, -0.05) is 6.92 Å². The van der Waals surface area contributed by atoms with Crippen LogP contribution in [0.25, 0.3) is 0 Å². The molecule has 0 aromatic carbocycles. The molecule has 0 aliphatic rings. The molecular formula is C13H21BrN2OS. The van der Waals surface area contributed by atoms with E-state index in [0.29, 0.717) is 0 Å². The normalized spacial score (nSPS) is 12.4. The molecule has 18 heavy (non-hydrogen) atoms. The zero-order chi connectivity index (χ0) is 13.5. The van der Waals surface area contributed by atoms with Gasteiger partial charge in [0.2, 0.25) is 5.91 Å². The molecule has 0 spiro atoms. The van der Waals surface area contributed by atoms with Gasteiger partial charge < -0.3 is 10.2 Å². The Morgan fingerprint density at radius 3 is 2.78 bits per heavy atom. The topological polar surface area (TPSA) is 32.3 Å². The standard InChI is InChI=1S/C13H21BrN2OS/c1-4-10(9-15-2)13(17)16(3)8-7-11-5-6-12(14)18-11/h5-6,10,15H,4,7-9H2,1-3H3. The third-order valence-corrected chi connectivity index (χ3v) is 4.67. The molecule has 1 aromatic heterocycles. The lowest BCUT2D eigenvalue weighted by Crippen LogP contribution is -2.38. The fourth-order valence-electron chi connectivity index (χ4n) is 1.84. The van der Waals surface area contributed by atoms with E-state index < -0.39 is 0 Å². The minimum Gasteiger partial charge on any atom is -0.345 e. The first-order valence-electron chi connectivity index (χ1n) is 6.22. The molecule has 0 saturated heterocycles. The Bertz CT molecular complexity index is 381. The van der Waals surface area contributed by atoms with Crippen LogP contribution in [0.4, 0.5) is 0 Å². The average molecular weight is 333 g/mol. The Labute approximate surface area is 122 Å². The van der Waals surface area contributed by atoms with Gasteiger partial charge in [-0.15, -0.1) is 11.3 Å². The highest BCUT2D eigenvalue weighted by Gasteiger charge is 2.19. The minimum atomic E-state index is 0.0927. The van der Waals surface area contributed by atoms with Crippen molar-refractivity contribution in [1.29, 1.82) is 0 Å². The smallest absolute Gasteiger partial charge is 0.226 e. The largest absolute Gasteiger partial charge is 0.345 e. The third-order valence-electron chi connectivity index (χ3n) is 2.99. The van der Waals surface area contributed by atoms with Crippen molar-refractivity contribution in [3.8, 4) is 0 Å². The quantitative estimate of drug-likeness (QED) is 0.832. The zero-order valence-corrected chi connectivity index (χ0v) is 13.6. The minimum absolute atomic E-state index is 0.0927. The van der Waals surface area contributed by atoms with Gasteiger partial charge in [0, 0.05) is 25.0 Å². The van der Waals surface area contributed by atoms with Gasteiger partial charge in [0.25, 0.3) is 0 Å². The van der Waals surface area contributed by atoms with E-state index in [9.17, 15) is 4.79 Å². The summed E-state index contributed by atoms with van der Waals surface area (Å²) in [5.74, 6) is 0.331. The summed E-state index contributed by atoms with van der Waals surface area (Å²) in [6, 6.07) is 4.16. The lowest BCUT2D eigenvalue weighted by Gasteiger charge is -2.22. The fraction of sp³-hybridized carbons (Fsp3) is 0.615. The van der Waals surface area contributed by atoms with E-state index in [1.54, 1.807) is 11.3 Å². The Morgan fingerprint density at radius 1 is 1.56 bits per heavy atom. The number of hydrogen-bond donors (Lipinski definition) is 1. The Morgan fingerprint density at radius 2 is 2.28 bits per heavy atom. The highest BCUT2D eigenvalue weighted by molar-refractivity contribution is 9.11. The van der Waals surface area contributed by atoms with Crippen molar-refractivity contribution in [2.45, 2.75) is 19.8 Å². The second-order valence-electron chi connectivity index (χ2n) is 4.38. The van der Waals surface area contributed by atoms with Gasteiger partial charge in [0.1, 0.15) is 0 Å². The van der Waals surface area contributed by atoms with E-state index in [4.69, 9.17) is 0 Å². The molecular weight excluding hydrogens is 312 g/mol. The molecule has 0 fully saturated rings. The van der Waals surface area contributed by atoms with Crippen LogP contribution in [0.3, 0.4) is 0 Å². The van der Waals surface area contributed by atoms with Crippen molar-refractivity contribution in [2.75, 3.05) is 27.2 Å². The molecule has 0 bridgehead atoms. The molecule has 1 N–H and O–H groups in total. The van der Waals surface area contributed by atoms with Gasteiger partial charge in [-0.05, 0) is 48.0 Å². The molecule has 1 rings (SSSR count). The molecule has 1 unspecified atom stereocenters. The number of halogens is 1. The van der Waals surface area contributed by atoms with Crippen molar-refractivity contribution >= 4 is 33.2 Å². The first kappa shape index (κ1) is 15.7. The maximum atomic E-state index is 12.2. The number of carbonyl (C=O) groups excluding carboxylic acids is 1. The van der Waals surface area contributed by atoms with Gasteiger partial charge in [-0.25, -0.2) is 0 Å². The van der Waals surface area contributed by atoms with E-state index in [0.717, 1.165) is 29.7 Å². The molecule has 0 radical (unpaired) electrons. The number of rotatable bonds is 7. The van der Waals surface area contributed by atoms with Crippen LogP contribution in [0, 0.1) is 5.92 Å². The predicted molar refractivity (Wildman–Crippen MR) is 81.1 cm³/mol. The van der Waals surface area contributed by atoms with Crippen LogP contribution >= 0.6 is 27.3 Å². The van der Waals surface area contributed by atoms with Crippen molar-refractivity contribution in [3.05, 3.63) is 20.8 Å². The molecule has 0 aliphatic carbocycles. The zero-order valence-electron chi connectivity index (χ0n) is 11.2. The highest BCUT2D eigenvalue weighted by Crippen LogP contribution is 2.22. The van der Waals surface area contributed by atoms with E-state index in [1.165, 1.54) is 4.88 Å². The summed E-state index contributed by atoms with van der Waals surface area (Å²) >= 11 is 5.18. The van der Waals surface area contributed by atoms with Crippen LogP contribution < -0.4 is 5.32 Å². The fourth-order valence-corrected chi connectivity index (χ4v) is 3.31. The summed E-state index contributed by atoms with van der Waals surface area (Å²) in [7, 11) is 3.78. The molecule has 5 heteroatoms. The van der Waals surface area contributed by atoms with Crippen molar-refractivity contribution in [1.82, 2.24) is 10.2 Å². The van der Waals surface area contributed by atoms with Gasteiger partial charge in [-0.3, -0.25) is 4.79 Å². The van der Waals surface area contributed by atoms with E-state index in [1.807, 2.05) is 19.0 Å². The molecule has 3 nitrogen and oxygen atoms in total. The number of hydrogen-bond acceptors (Lipinski definition) is 3. The molecule has 1 heterocycles. The molecule has 1 amide bonds. The summed E-state index contributed by atoms with van der Waals surface area (Å²) in [4.78, 5) is 15.3. The molecule has 1 atom stereocenters. The van der Waals surface area contributed by atoms with E-state index in [2.05, 4.69) is 40.3 Å². The Kier molecular flexibility index (Phi) is 6.89. The van der Waals surface area contributed by atoms with Gasteiger partial charge in [0.05, 0.1) is 9.70 Å². The maximum Gasteiger partial charge on any atom is 0.226 e. The average Bonchev–Trinajstić information content (AvgIpc) is 2.78. The van der Waals surface area contributed by atoms with Crippen LogP contribution in [0.1, 0.15) is 18.2 Å². The lowest BCUT2D eigenvalue weighted by molar-refractivity contribution is -0.134. The van der Waals surface area contributed by atoms with Crippen LogP contribution in [0.2, 0.25) is 0 Å². The SMILES string of the molecule is CCC(CNC)C(=O)N(C)CCc1ccc(Br)s1. The number of amides is 1. The number of thiophene rings is 1. The lowest BCUT2D eigenvalue weighted by atomic mass is 10.1. The second kappa shape index (κ2) is 7.92. The van der Waals surface area contributed by atoms with Crippen LogP contribution in [-0.4, -0.2) is 38.0 Å². The van der Waals surface area contributed by atoms with Gasteiger partial charge in [-0.2, -0.15) is 0 Å². The van der Waals surface area contributed by atoms with Gasteiger partial charge in [0.15, 0.2) is 0 Å². The number of nitrogens with zero attached hydrogens (tertiary/aromatic N) is 1. The van der Waals surface area contributed by atoms with Crippen LogP contribution in [0.5, 0.6) is 0 Å². The van der Waals surface area contributed by atoms with Crippen molar-refractivity contribution in [3.63, 3.8) is 0 Å². The molecule has 102 valence electrons. The summed E-state index contributed by atoms with van der Waals surface area (Å²) in [5.41, 5.74) is 0. The van der Waals surface area contributed by atoms with Crippen LogP contribution in [0.15, 0.2) is 15.9 Å². The maximum absolute atomic E-state index is 12.2. The van der Waals surface area contributed by atoms with Crippen molar-refractivity contribution in [2.24, 2.45) is 5.92 Å². The van der Waals surface area contributed by atoms with Gasteiger partial charge >= 0.3 is 0 Å². The summed E-state index contributed by atoms with van der Waals surface area (Å²) < 4.78 is 1.15. The number of likely N-dealkylation sites (N-methyl/N-ethyl adjacent to an activating group) is 1. The predicted octanol–water partition coefficient (Wildman–Crippen LogP) is 2.76.